The highest BCUT2D eigenvalue weighted by Gasteiger charge is 2.24. The number of amides is 3. The number of carbonyl (C=O) groups is 2. The number of carbonyl (C=O) groups excluding carboxylic acids is 2. The van der Waals surface area contributed by atoms with Crippen LogP contribution in [0.5, 0.6) is 0 Å². The molecule has 1 fully saturated rings. The zero-order valence-corrected chi connectivity index (χ0v) is 10.0. The predicted molar refractivity (Wildman–Crippen MR) is 62.0 cm³/mol. The standard InChI is InChI=1S/C11H15N4O3/c1-8(9-4-2-7-18-9)13-10(16)14-11(17)15-6-3-5-12-15/h5-6,8-9H,2,4,7H2,1H3,(H2,13,14,16,17). The molecule has 2 unspecified atom stereocenters. The molecular weight excluding hydrogens is 236 g/mol. The van der Waals surface area contributed by atoms with Gasteiger partial charge in [-0.1, -0.05) is 0 Å². The van der Waals surface area contributed by atoms with Gasteiger partial charge in [-0.15, -0.1) is 0 Å². The fraction of sp³-hybridized carbons (Fsp3) is 0.545. The Morgan fingerprint density at radius 2 is 2.44 bits per heavy atom. The van der Waals surface area contributed by atoms with Crippen LogP contribution in [0.25, 0.3) is 0 Å². The lowest BCUT2D eigenvalue weighted by Crippen LogP contribution is -2.48. The molecular formula is C11H15N4O3. The third-order valence-corrected chi connectivity index (χ3v) is 2.76. The SMILES string of the molecule is CC(NC(=O)NC(=O)n1c[c]cn1)C1CCCO1. The zero-order valence-electron chi connectivity index (χ0n) is 10.0. The van der Waals surface area contributed by atoms with Crippen LogP contribution in [-0.4, -0.2) is 40.6 Å². The molecule has 7 heteroatoms. The lowest BCUT2D eigenvalue weighted by Gasteiger charge is -2.19. The van der Waals surface area contributed by atoms with E-state index in [1.807, 2.05) is 6.92 Å². The van der Waals surface area contributed by atoms with Crippen molar-refractivity contribution in [2.75, 3.05) is 6.61 Å². The van der Waals surface area contributed by atoms with Crippen LogP contribution < -0.4 is 10.6 Å². The number of imide groups is 1. The molecule has 1 aliphatic heterocycles. The number of ether oxygens (including phenoxy) is 1. The Bertz CT molecular complexity index is 412. The number of hydrogen-bond donors (Lipinski definition) is 2. The minimum absolute atomic E-state index is 0.0175. The van der Waals surface area contributed by atoms with Crippen molar-refractivity contribution in [2.45, 2.75) is 31.9 Å². The normalized spacial score (nSPS) is 20.4. The van der Waals surface area contributed by atoms with E-state index in [9.17, 15) is 9.59 Å². The summed E-state index contributed by atoms with van der Waals surface area (Å²) in [6.07, 6.45) is 4.62. The summed E-state index contributed by atoms with van der Waals surface area (Å²) < 4.78 is 6.44. The second-order valence-electron chi connectivity index (χ2n) is 4.13. The molecule has 0 aliphatic carbocycles. The third-order valence-electron chi connectivity index (χ3n) is 2.76. The highest BCUT2D eigenvalue weighted by molar-refractivity contribution is 5.94. The molecule has 3 amide bonds. The van der Waals surface area contributed by atoms with Crippen LogP contribution in [0.3, 0.4) is 0 Å². The van der Waals surface area contributed by atoms with Crippen molar-refractivity contribution in [2.24, 2.45) is 0 Å². The molecule has 0 saturated carbocycles. The second kappa shape index (κ2) is 5.63. The fourth-order valence-electron chi connectivity index (χ4n) is 1.83. The van der Waals surface area contributed by atoms with E-state index < -0.39 is 12.1 Å². The van der Waals surface area contributed by atoms with Crippen molar-refractivity contribution in [3.8, 4) is 0 Å². The van der Waals surface area contributed by atoms with Gasteiger partial charge in [0.2, 0.25) is 0 Å². The van der Waals surface area contributed by atoms with Gasteiger partial charge in [0.05, 0.1) is 18.3 Å². The van der Waals surface area contributed by atoms with Crippen molar-refractivity contribution in [1.82, 2.24) is 20.4 Å². The average Bonchev–Trinajstić information content (AvgIpc) is 3.02. The molecule has 2 N–H and O–H groups in total. The first kappa shape index (κ1) is 12.6. The van der Waals surface area contributed by atoms with Gasteiger partial charge in [-0.05, 0) is 19.8 Å². The summed E-state index contributed by atoms with van der Waals surface area (Å²) in [5.41, 5.74) is 0. The fourth-order valence-corrected chi connectivity index (χ4v) is 1.83. The largest absolute Gasteiger partial charge is 0.376 e. The maximum atomic E-state index is 11.6. The highest BCUT2D eigenvalue weighted by Crippen LogP contribution is 2.15. The van der Waals surface area contributed by atoms with Gasteiger partial charge in [0, 0.05) is 18.9 Å². The van der Waals surface area contributed by atoms with Crippen LogP contribution in [0.2, 0.25) is 0 Å². The van der Waals surface area contributed by atoms with Crippen molar-refractivity contribution >= 4 is 12.1 Å². The van der Waals surface area contributed by atoms with E-state index in [0.29, 0.717) is 0 Å². The first-order chi connectivity index (χ1) is 8.66. The molecule has 7 nitrogen and oxygen atoms in total. The van der Waals surface area contributed by atoms with Crippen LogP contribution in [0.1, 0.15) is 19.8 Å². The van der Waals surface area contributed by atoms with Gasteiger partial charge in [0.25, 0.3) is 0 Å². The predicted octanol–water partition coefficient (Wildman–Crippen LogP) is 0.518. The van der Waals surface area contributed by atoms with E-state index in [4.69, 9.17) is 4.74 Å². The minimum atomic E-state index is -0.617. The summed E-state index contributed by atoms with van der Waals surface area (Å²) in [4.78, 5) is 23.1. The topological polar surface area (TPSA) is 85.3 Å². The van der Waals surface area contributed by atoms with Crippen LogP contribution in [0.15, 0.2) is 12.4 Å². The summed E-state index contributed by atoms with van der Waals surface area (Å²) in [7, 11) is 0. The summed E-state index contributed by atoms with van der Waals surface area (Å²) in [6.45, 7) is 2.57. The Kier molecular flexibility index (Phi) is 3.93. The maximum absolute atomic E-state index is 11.6. The summed E-state index contributed by atoms with van der Waals surface area (Å²) >= 11 is 0. The van der Waals surface area contributed by atoms with Crippen LogP contribution >= 0.6 is 0 Å². The van der Waals surface area contributed by atoms with E-state index in [-0.39, 0.29) is 12.1 Å². The van der Waals surface area contributed by atoms with Crippen molar-refractivity contribution in [3.63, 3.8) is 0 Å². The van der Waals surface area contributed by atoms with Gasteiger partial charge in [0.15, 0.2) is 0 Å². The van der Waals surface area contributed by atoms with Crippen LogP contribution in [-0.2, 0) is 4.74 Å². The van der Waals surface area contributed by atoms with Gasteiger partial charge in [-0.25, -0.2) is 9.59 Å². The third kappa shape index (κ3) is 3.07. The zero-order chi connectivity index (χ0) is 13.0. The Hall–Kier alpha value is -1.89. The number of aromatic nitrogens is 2. The van der Waals surface area contributed by atoms with E-state index in [2.05, 4.69) is 21.8 Å². The number of rotatable bonds is 2. The Balaban J connectivity index is 1.79. The van der Waals surface area contributed by atoms with Gasteiger partial charge in [-0.3, -0.25) is 5.32 Å². The second-order valence-corrected chi connectivity index (χ2v) is 4.13. The van der Waals surface area contributed by atoms with E-state index in [1.54, 1.807) is 0 Å². The van der Waals surface area contributed by atoms with E-state index >= 15 is 0 Å². The lowest BCUT2D eigenvalue weighted by atomic mass is 10.1. The number of urea groups is 1. The highest BCUT2D eigenvalue weighted by atomic mass is 16.5. The van der Waals surface area contributed by atoms with Crippen LogP contribution in [0.4, 0.5) is 9.59 Å². The maximum Gasteiger partial charge on any atom is 0.350 e. The first-order valence-corrected chi connectivity index (χ1v) is 5.81. The van der Waals surface area contributed by atoms with Gasteiger partial charge >= 0.3 is 12.1 Å². The molecule has 1 aliphatic rings. The molecule has 97 valence electrons. The molecule has 2 heterocycles. The van der Waals surface area contributed by atoms with Gasteiger partial charge in [-0.2, -0.15) is 9.78 Å². The molecule has 1 aromatic rings. The van der Waals surface area contributed by atoms with Gasteiger partial charge < -0.3 is 10.1 Å². The Morgan fingerprint density at radius 1 is 1.61 bits per heavy atom. The average molecular weight is 251 g/mol. The molecule has 1 aromatic heterocycles. The van der Waals surface area contributed by atoms with Crippen molar-refractivity contribution in [1.29, 1.82) is 0 Å². The molecule has 1 radical (unpaired) electrons. The van der Waals surface area contributed by atoms with Crippen LogP contribution in [0, 0.1) is 6.07 Å². The van der Waals surface area contributed by atoms with E-state index in [0.717, 1.165) is 24.1 Å². The smallest absolute Gasteiger partial charge is 0.350 e. The number of hydrogen-bond acceptors (Lipinski definition) is 4. The monoisotopic (exact) mass is 251 g/mol. The number of nitrogens with one attached hydrogen (secondary N) is 2. The van der Waals surface area contributed by atoms with Crippen molar-refractivity contribution < 1.29 is 14.3 Å². The molecule has 0 bridgehead atoms. The number of nitrogens with zero attached hydrogens (tertiary/aromatic N) is 2. The molecule has 0 spiro atoms. The van der Waals surface area contributed by atoms with E-state index in [1.165, 1.54) is 12.4 Å². The summed E-state index contributed by atoms with van der Waals surface area (Å²) in [5, 5.41) is 8.51. The quantitative estimate of drug-likeness (QED) is 0.802. The molecule has 1 saturated heterocycles. The van der Waals surface area contributed by atoms with Crippen molar-refractivity contribution in [3.05, 3.63) is 18.5 Å². The molecule has 0 aromatic carbocycles. The summed E-state index contributed by atoms with van der Waals surface area (Å²) in [6, 6.07) is 1.30. The molecule has 2 atom stereocenters. The summed E-state index contributed by atoms with van der Waals surface area (Å²) in [5.74, 6) is 0. The minimum Gasteiger partial charge on any atom is -0.376 e. The molecule has 2 rings (SSSR count). The Labute approximate surface area is 104 Å². The molecule has 18 heavy (non-hydrogen) atoms. The van der Waals surface area contributed by atoms with Gasteiger partial charge in [0.1, 0.15) is 0 Å². The first-order valence-electron chi connectivity index (χ1n) is 5.81. The lowest BCUT2D eigenvalue weighted by molar-refractivity contribution is 0.0861. The Morgan fingerprint density at radius 3 is 3.06 bits per heavy atom.